The van der Waals surface area contributed by atoms with Crippen LogP contribution in [0.3, 0.4) is 0 Å². The number of carbonyl (C=O) groups excluding carboxylic acids is 1. The SMILES string of the molecule is CCC(=O)[C@@]1(C)CC(C)=C(C)C[S@@]1=O. The monoisotopic (exact) mass is 214 g/mol. The van der Waals surface area contributed by atoms with E-state index in [0.717, 1.165) is 0 Å². The summed E-state index contributed by atoms with van der Waals surface area (Å²) < 4.78 is 11.3. The Hall–Kier alpha value is -0.440. The van der Waals surface area contributed by atoms with E-state index in [0.29, 0.717) is 18.6 Å². The minimum Gasteiger partial charge on any atom is -0.298 e. The first kappa shape index (κ1) is 11.6. The largest absolute Gasteiger partial charge is 0.298 e. The lowest BCUT2D eigenvalue weighted by molar-refractivity contribution is -0.120. The molecule has 0 amide bonds. The molecule has 0 saturated carbocycles. The molecule has 0 N–H and O–H groups in total. The van der Waals surface area contributed by atoms with Gasteiger partial charge in [-0.15, -0.1) is 0 Å². The van der Waals surface area contributed by atoms with Gasteiger partial charge in [0.25, 0.3) is 0 Å². The second-order valence-electron chi connectivity index (χ2n) is 4.23. The number of carbonyl (C=O) groups is 1. The average molecular weight is 214 g/mol. The second-order valence-corrected chi connectivity index (χ2v) is 6.12. The Bertz CT molecular complexity index is 317. The summed E-state index contributed by atoms with van der Waals surface area (Å²) in [7, 11) is -1.03. The normalized spacial score (nSPS) is 33.3. The molecule has 14 heavy (non-hydrogen) atoms. The molecule has 0 unspecified atom stereocenters. The van der Waals surface area contributed by atoms with Gasteiger partial charge >= 0.3 is 0 Å². The maximum Gasteiger partial charge on any atom is 0.151 e. The Morgan fingerprint density at radius 2 is 2.00 bits per heavy atom. The highest BCUT2D eigenvalue weighted by molar-refractivity contribution is 7.87. The van der Waals surface area contributed by atoms with Crippen molar-refractivity contribution in [2.24, 2.45) is 0 Å². The molecule has 1 rings (SSSR count). The van der Waals surface area contributed by atoms with Gasteiger partial charge in [0.05, 0.1) is 0 Å². The lowest BCUT2D eigenvalue weighted by atomic mass is 9.93. The predicted molar refractivity (Wildman–Crippen MR) is 59.7 cm³/mol. The highest BCUT2D eigenvalue weighted by atomic mass is 32.2. The van der Waals surface area contributed by atoms with E-state index in [1.54, 1.807) is 0 Å². The first-order valence-corrected chi connectivity index (χ1v) is 6.30. The number of rotatable bonds is 2. The molecule has 0 aromatic heterocycles. The lowest BCUT2D eigenvalue weighted by Gasteiger charge is -2.32. The van der Waals surface area contributed by atoms with E-state index in [9.17, 15) is 9.00 Å². The molecule has 80 valence electrons. The summed E-state index contributed by atoms with van der Waals surface area (Å²) >= 11 is 0. The molecular formula is C11H18O2S. The Morgan fingerprint density at radius 3 is 2.50 bits per heavy atom. The molecule has 0 radical (unpaired) electrons. The molecule has 0 spiro atoms. The van der Waals surface area contributed by atoms with E-state index in [4.69, 9.17) is 0 Å². The van der Waals surface area contributed by atoms with Gasteiger partial charge in [0.15, 0.2) is 5.78 Å². The van der Waals surface area contributed by atoms with Crippen LogP contribution in [0.1, 0.15) is 40.5 Å². The molecule has 0 fully saturated rings. The summed E-state index contributed by atoms with van der Waals surface area (Å²) in [6.07, 6.45) is 1.15. The van der Waals surface area contributed by atoms with E-state index < -0.39 is 15.5 Å². The number of hydrogen-bond acceptors (Lipinski definition) is 2. The van der Waals surface area contributed by atoms with Gasteiger partial charge in [-0.3, -0.25) is 9.00 Å². The van der Waals surface area contributed by atoms with Crippen molar-refractivity contribution in [3.05, 3.63) is 11.1 Å². The summed E-state index contributed by atoms with van der Waals surface area (Å²) in [4.78, 5) is 11.7. The van der Waals surface area contributed by atoms with Gasteiger partial charge in [0.1, 0.15) is 4.75 Å². The molecule has 1 heterocycles. The zero-order chi connectivity index (χ0) is 10.9. The molecule has 0 aromatic rings. The van der Waals surface area contributed by atoms with Crippen LogP contribution in [0.4, 0.5) is 0 Å². The minimum absolute atomic E-state index is 0.127. The molecular weight excluding hydrogens is 196 g/mol. The second kappa shape index (κ2) is 3.97. The molecule has 0 aliphatic carbocycles. The molecule has 1 aliphatic rings. The van der Waals surface area contributed by atoms with Gasteiger partial charge in [-0.25, -0.2) is 0 Å². The number of Topliss-reactive ketones (excluding diaryl/α,β-unsaturated/α-hetero) is 1. The van der Waals surface area contributed by atoms with E-state index >= 15 is 0 Å². The van der Waals surface area contributed by atoms with Gasteiger partial charge in [-0.1, -0.05) is 18.1 Å². The third-order valence-corrected chi connectivity index (χ3v) is 5.16. The zero-order valence-corrected chi connectivity index (χ0v) is 10.2. The van der Waals surface area contributed by atoms with Crippen LogP contribution >= 0.6 is 0 Å². The highest BCUT2D eigenvalue weighted by Crippen LogP contribution is 2.32. The molecule has 1 aliphatic heterocycles. The van der Waals surface area contributed by atoms with E-state index in [1.165, 1.54) is 11.1 Å². The van der Waals surface area contributed by atoms with Crippen molar-refractivity contribution in [2.45, 2.75) is 45.3 Å². The van der Waals surface area contributed by atoms with Crippen LogP contribution < -0.4 is 0 Å². The van der Waals surface area contributed by atoms with Crippen LogP contribution in [0.15, 0.2) is 11.1 Å². The van der Waals surface area contributed by atoms with Crippen LogP contribution in [0.5, 0.6) is 0 Å². The summed E-state index contributed by atoms with van der Waals surface area (Å²) in [5, 5.41) is 0. The first-order valence-electron chi connectivity index (χ1n) is 4.98. The van der Waals surface area contributed by atoms with E-state index in [-0.39, 0.29) is 5.78 Å². The number of allylic oxidation sites excluding steroid dienone is 1. The third kappa shape index (κ3) is 1.83. The number of ketones is 1. The van der Waals surface area contributed by atoms with Gasteiger partial charge in [-0.2, -0.15) is 0 Å². The maximum absolute atomic E-state index is 11.9. The standard InChI is InChI=1S/C11H18O2S/c1-5-10(12)11(4)6-8(2)9(3)7-14(11)13/h5-7H2,1-4H3/t11-,14+/m1/s1. The topological polar surface area (TPSA) is 34.1 Å². The maximum atomic E-state index is 11.9. The van der Waals surface area contributed by atoms with Crippen molar-refractivity contribution in [2.75, 3.05) is 5.75 Å². The smallest absolute Gasteiger partial charge is 0.151 e. The van der Waals surface area contributed by atoms with Crippen molar-refractivity contribution >= 4 is 16.6 Å². The van der Waals surface area contributed by atoms with Crippen molar-refractivity contribution in [1.82, 2.24) is 0 Å². The Morgan fingerprint density at radius 1 is 1.43 bits per heavy atom. The number of hydrogen-bond donors (Lipinski definition) is 0. The van der Waals surface area contributed by atoms with Gasteiger partial charge < -0.3 is 0 Å². The summed E-state index contributed by atoms with van der Waals surface area (Å²) in [6, 6.07) is 0. The Kier molecular flexibility index (Phi) is 3.30. The van der Waals surface area contributed by atoms with Crippen LogP contribution in [0, 0.1) is 0 Å². The Labute approximate surface area is 88.2 Å². The summed E-state index contributed by atoms with van der Waals surface area (Å²) in [5.74, 6) is 0.691. The van der Waals surface area contributed by atoms with Crippen LogP contribution in [-0.2, 0) is 15.6 Å². The average Bonchev–Trinajstić information content (AvgIpc) is 2.13. The van der Waals surface area contributed by atoms with Gasteiger partial charge in [-0.05, 0) is 27.2 Å². The Balaban J connectivity index is 3.03. The van der Waals surface area contributed by atoms with Crippen molar-refractivity contribution < 1.29 is 9.00 Å². The van der Waals surface area contributed by atoms with Gasteiger partial charge in [0.2, 0.25) is 0 Å². The molecule has 3 heteroatoms. The third-order valence-electron chi connectivity index (χ3n) is 3.09. The van der Waals surface area contributed by atoms with E-state index in [2.05, 4.69) is 0 Å². The van der Waals surface area contributed by atoms with Gasteiger partial charge in [0, 0.05) is 23.0 Å². The molecule has 2 atom stereocenters. The molecule has 0 aromatic carbocycles. The molecule has 2 nitrogen and oxygen atoms in total. The lowest BCUT2D eigenvalue weighted by Crippen LogP contribution is -2.43. The minimum atomic E-state index is -1.03. The van der Waals surface area contributed by atoms with Crippen LogP contribution in [0.2, 0.25) is 0 Å². The highest BCUT2D eigenvalue weighted by Gasteiger charge is 2.40. The van der Waals surface area contributed by atoms with Crippen molar-refractivity contribution in [1.29, 1.82) is 0 Å². The van der Waals surface area contributed by atoms with Crippen molar-refractivity contribution in [3.8, 4) is 0 Å². The fourth-order valence-electron chi connectivity index (χ4n) is 1.82. The van der Waals surface area contributed by atoms with Crippen LogP contribution in [-0.4, -0.2) is 20.5 Å². The van der Waals surface area contributed by atoms with E-state index in [1.807, 2.05) is 27.7 Å². The summed E-state index contributed by atoms with van der Waals surface area (Å²) in [5.41, 5.74) is 2.42. The molecule has 0 bridgehead atoms. The predicted octanol–water partition coefficient (Wildman–Crippen LogP) is 2.21. The molecule has 0 saturated heterocycles. The van der Waals surface area contributed by atoms with Crippen molar-refractivity contribution in [3.63, 3.8) is 0 Å². The first-order chi connectivity index (χ1) is 6.41. The fraction of sp³-hybridized carbons (Fsp3) is 0.727. The quantitative estimate of drug-likeness (QED) is 0.660. The fourth-order valence-corrected chi connectivity index (χ4v) is 3.55. The zero-order valence-electron chi connectivity index (χ0n) is 9.35. The summed E-state index contributed by atoms with van der Waals surface area (Å²) in [6.45, 7) is 7.71. The van der Waals surface area contributed by atoms with Crippen LogP contribution in [0.25, 0.3) is 0 Å².